The molecular formula is C14H12FN3S. The van der Waals surface area contributed by atoms with E-state index in [1.165, 1.54) is 6.07 Å². The van der Waals surface area contributed by atoms with Gasteiger partial charge in [0.15, 0.2) is 0 Å². The number of nitrogens with one attached hydrogen (secondary N) is 1. The van der Waals surface area contributed by atoms with Gasteiger partial charge in [-0.15, -0.1) is 11.3 Å². The molecule has 0 saturated heterocycles. The maximum absolute atomic E-state index is 13.0. The average molecular weight is 273 g/mol. The summed E-state index contributed by atoms with van der Waals surface area (Å²) in [6.45, 7) is 2.00. The third-order valence-corrected chi connectivity index (χ3v) is 3.76. The van der Waals surface area contributed by atoms with Crippen LogP contribution < -0.4 is 5.32 Å². The Labute approximate surface area is 114 Å². The molecule has 0 aliphatic rings. The molecule has 19 heavy (non-hydrogen) atoms. The smallest absolute Gasteiger partial charge is 0.214 e. The normalized spacial score (nSPS) is 12.5. The number of nitrogens with zero attached hydrogens (tertiary/aromatic N) is 2. The van der Waals surface area contributed by atoms with Gasteiger partial charge in [0, 0.05) is 6.20 Å². The first-order chi connectivity index (χ1) is 9.22. The predicted octanol–water partition coefficient (Wildman–Crippen LogP) is 4.00. The van der Waals surface area contributed by atoms with Crippen molar-refractivity contribution < 1.29 is 4.39 Å². The third kappa shape index (κ3) is 2.56. The number of pyridine rings is 2. The van der Waals surface area contributed by atoms with Gasteiger partial charge in [0.1, 0.15) is 5.82 Å². The molecule has 0 aromatic carbocycles. The van der Waals surface area contributed by atoms with Crippen LogP contribution in [0, 0.1) is 5.95 Å². The molecule has 1 N–H and O–H groups in total. The van der Waals surface area contributed by atoms with Crippen LogP contribution in [0.25, 0.3) is 10.2 Å². The highest BCUT2D eigenvalue weighted by atomic mass is 32.1. The second-order valence-corrected chi connectivity index (χ2v) is 5.23. The minimum atomic E-state index is -0.482. The number of hydrogen-bond acceptors (Lipinski definition) is 4. The quantitative estimate of drug-likeness (QED) is 0.733. The van der Waals surface area contributed by atoms with Crippen LogP contribution in [0.3, 0.4) is 0 Å². The summed E-state index contributed by atoms with van der Waals surface area (Å²) in [6, 6.07) is 8.83. The molecule has 0 saturated carbocycles. The summed E-state index contributed by atoms with van der Waals surface area (Å²) >= 11 is 1.66. The summed E-state index contributed by atoms with van der Waals surface area (Å²) < 4.78 is 14.2. The van der Waals surface area contributed by atoms with Crippen LogP contribution in [0.2, 0.25) is 0 Å². The van der Waals surface area contributed by atoms with Crippen molar-refractivity contribution in [2.75, 3.05) is 5.32 Å². The number of halogens is 1. The molecule has 3 aromatic rings. The SMILES string of the molecule is CC(Nc1cccc(F)n1)c1cnc2ccsc2c1. The van der Waals surface area contributed by atoms with E-state index in [4.69, 9.17) is 0 Å². The van der Waals surface area contributed by atoms with Gasteiger partial charge in [-0.3, -0.25) is 4.98 Å². The highest BCUT2D eigenvalue weighted by Gasteiger charge is 2.08. The number of hydrogen-bond donors (Lipinski definition) is 1. The minimum absolute atomic E-state index is 0.0216. The first-order valence-corrected chi connectivity index (χ1v) is 6.82. The fraction of sp³-hybridized carbons (Fsp3) is 0.143. The van der Waals surface area contributed by atoms with Gasteiger partial charge in [-0.05, 0) is 42.1 Å². The number of rotatable bonds is 3. The van der Waals surface area contributed by atoms with Gasteiger partial charge in [0.05, 0.1) is 16.3 Å². The first-order valence-electron chi connectivity index (χ1n) is 5.94. The average Bonchev–Trinajstić information content (AvgIpc) is 2.85. The summed E-state index contributed by atoms with van der Waals surface area (Å²) in [5.74, 6) is 0.0443. The lowest BCUT2D eigenvalue weighted by atomic mass is 10.1. The highest BCUT2D eigenvalue weighted by Crippen LogP contribution is 2.24. The first kappa shape index (κ1) is 12.0. The van der Waals surface area contributed by atoms with Crippen LogP contribution in [0.5, 0.6) is 0 Å². The zero-order valence-corrected chi connectivity index (χ0v) is 11.1. The Balaban J connectivity index is 1.84. The van der Waals surface area contributed by atoms with Crippen LogP contribution in [0.15, 0.2) is 41.9 Å². The standard InChI is InChI=1S/C14H12FN3S/c1-9(17-14-4-2-3-13(15)18-14)10-7-12-11(16-8-10)5-6-19-12/h2-9H,1H3,(H,17,18). The maximum Gasteiger partial charge on any atom is 0.214 e. The number of thiophene rings is 1. The van der Waals surface area contributed by atoms with Crippen molar-refractivity contribution in [1.82, 2.24) is 9.97 Å². The van der Waals surface area contributed by atoms with Crippen molar-refractivity contribution in [2.45, 2.75) is 13.0 Å². The Morgan fingerprint density at radius 2 is 2.21 bits per heavy atom. The molecule has 0 aliphatic heterocycles. The molecule has 0 bridgehead atoms. The second kappa shape index (κ2) is 4.93. The number of aromatic nitrogens is 2. The molecule has 96 valence electrons. The van der Waals surface area contributed by atoms with Gasteiger partial charge in [0.25, 0.3) is 0 Å². The van der Waals surface area contributed by atoms with Gasteiger partial charge in [-0.2, -0.15) is 4.39 Å². The molecule has 3 heterocycles. The molecule has 1 atom stereocenters. The fourth-order valence-electron chi connectivity index (χ4n) is 1.89. The zero-order chi connectivity index (χ0) is 13.2. The van der Waals surface area contributed by atoms with Gasteiger partial charge >= 0.3 is 0 Å². The van der Waals surface area contributed by atoms with Crippen LogP contribution in [-0.2, 0) is 0 Å². The van der Waals surface area contributed by atoms with E-state index in [9.17, 15) is 4.39 Å². The second-order valence-electron chi connectivity index (χ2n) is 4.28. The largest absolute Gasteiger partial charge is 0.363 e. The Morgan fingerprint density at radius 3 is 3.05 bits per heavy atom. The summed E-state index contributed by atoms with van der Waals surface area (Å²) in [6.07, 6.45) is 1.84. The molecule has 0 amide bonds. The molecule has 3 rings (SSSR count). The van der Waals surface area contributed by atoms with Crippen LogP contribution in [-0.4, -0.2) is 9.97 Å². The topological polar surface area (TPSA) is 37.8 Å². The molecule has 5 heteroatoms. The fourth-order valence-corrected chi connectivity index (χ4v) is 2.68. The van der Waals surface area contributed by atoms with Crippen molar-refractivity contribution in [3.05, 3.63) is 53.4 Å². The van der Waals surface area contributed by atoms with Gasteiger partial charge in [-0.1, -0.05) is 6.07 Å². The van der Waals surface area contributed by atoms with Crippen molar-refractivity contribution in [3.63, 3.8) is 0 Å². The molecule has 0 spiro atoms. The highest BCUT2D eigenvalue weighted by molar-refractivity contribution is 7.17. The van der Waals surface area contributed by atoms with Crippen LogP contribution >= 0.6 is 11.3 Å². The molecule has 3 aromatic heterocycles. The van der Waals surface area contributed by atoms with E-state index in [0.29, 0.717) is 5.82 Å². The molecular weight excluding hydrogens is 261 g/mol. The maximum atomic E-state index is 13.0. The lowest BCUT2D eigenvalue weighted by Crippen LogP contribution is -2.08. The van der Waals surface area contributed by atoms with Gasteiger partial charge in [-0.25, -0.2) is 4.98 Å². The van der Waals surface area contributed by atoms with Crippen molar-refractivity contribution >= 4 is 27.4 Å². The molecule has 0 aliphatic carbocycles. The molecule has 3 nitrogen and oxygen atoms in total. The lowest BCUT2D eigenvalue weighted by Gasteiger charge is -2.14. The number of fused-ring (bicyclic) bond motifs is 1. The Hall–Kier alpha value is -2.01. The summed E-state index contributed by atoms with van der Waals surface area (Å²) in [5.41, 5.74) is 2.06. The molecule has 0 fully saturated rings. The summed E-state index contributed by atoms with van der Waals surface area (Å²) in [7, 11) is 0. The predicted molar refractivity (Wildman–Crippen MR) is 75.9 cm³/mol. The van der Waals surface area contributed by atoms with E-state index in [1.54, 1.807) is 23.5 Å². The van der Waals surface area contributed by atoms with E-state index < -0.39 is 5.95 Å². The lowest BCUT2D eigenvalue weighted by molar-refractivity contribution is 0.584. The van der Waals surface area contributed by atoms with Crippen molar-refractivity contribution in [3.8, 4) is 0 Å². The molecule has 1 unspecified atom stereocenters. The van der Waals surface area contributed by atoms with E-state index in [1.807, 2.05) is 24.6 Å². The van der Waals surface area contributed by atoms with E-state index in [2.05, 4.69) is 21.4 Å². The van der Waals surface area contributed by atoms with E-state index in [0.717, 1.165) is 15.8 Å². The van der Waals surface area contributed by atoms with Crippen molar-refractivity contribution in [1.29, 1.82) is 0 Å². The van der Waals surface area contributed by atoms with E-state index >= 15 is 0 Å². The van der Waals surface area contributed by atoms with E-state index in [-0.39, 0.29) is 6.04 Å². The van der Waals surface area contributed by atoms with Crippen LogP contribution in [0.1, 0.15) is 18.5 Å². The van der Waals surface area contributed by atoms with Gasteiger partial charge in [0.2, 0.25) is 5.95 Å². The molecule has 0 radical (unpaired) electrons. The zero-order valence-electron chi connectivity index (χ0n) is 10.3. The Kier molecular flexibility index (Phi) is 3.13. The van der Waals surface area contributed by atoms with Crippen LogP contribution in [0.4, 0.5) is 10.2 Å². The summed E-state index contributed by atoms with van der Waals surface area (Å²) in [5, 5.41) is 5.19. The Bertz CT molecular complexity index is 710. The monoisotopic (exact) mass is 273 g/mol. The Morgan fingerprint density at radius 1 is 1.32 bits per heavy atom. The van der Waals surface area contributed by atoms with Crippen molar-refractivity contribution in [2.24, 2.45) is 0 Å². The summed E-state index contributed by atoms with van der Waals surface area (Å²) in [4.78, 5) is 8.19. The van der Waals surface area contributed by atoms with Gasteiger partial charge < -0.3 is 5.32 Å². The number of anilines is 1. The minimum Gasteiger partial charge on any atom is -0.363 e. The third-order valence-electron chi connectivity index (χ3n) is 2.90.